The van der Waals surface area contributed by atoms with E-state index in [0.29, 0.717) is 5.57 Å². The van der Waals surface area contributed by atoms with Gasteiger partial charge in [-0.2, -0.15) is 5.26 Å². The average molecular weight is 424 g/mol. The standard InChI is InChI=1S/C27H21NO2S/c1-18(17-28)2-3-19-4-6-20(7-5-19)8-14-25-24-15-13-23(30)16-26(24)31-27(25)21-9-11-22(29)12-10-21/h2-7,9-13,15-16,29-30H,1,8,14H2/b3-2+. The van der Waals surface area contributed by atoms with Crippen LogP contribution in [-0.4, -0.2) is 10.2 Å². The zero-order valence-corrected chi connectivity index (χ0v) is 17.7. The molecule has 0 spiro atoms. The van der Waals surface area contributed by atoms with Gasteiger partial charge < -0.3 is 10.2 Å². The second-order valence-corrected chi connectivity index (χ2v) is 8.40. The van der Waals surface area contributed by atoms with Crippen molar-refractivity contribution in [2.24, 2.45) is 0 Å². The Hall–Kier alpha value is -3.81. The minimum absolute atomic E-state index is 0.247. The number of benzene rings is 3. The van der Waals surface area contributed by atoms with Crippen LogP contribution < -0.4 is 0 Å². The molecule has 1 heterocycles. The number of hydrogen-bond acceptors (Lipinski definition) is 4. The monoisotopic (exact) mass is 423 g/mol. The van der Waals surface area contributed by atoms with E-state index in [0.717, 1.165) is 38.9 Å². The van der Waals surface area contributed by atoms with E-state index in [9.17, 15) is 10.2 Å². The molecule has 1 aromatic heterocycles. The highest BCUT2D eigenvalue weighted by molar-refractivity contribution is 7.22. The van der Waals surface area contributed by atoms with Crippen molar-refractivity contribution in [1.82, 2.24) is 0 Å². The lowest BCUT2D eigenvalue weighted by atomic mass is 9.98. The number of allylic oxidation sites excluding steroid dienone is 2. The van der Waals surface area contributed by atoms with Crippen LogP contribution in [0.25, 0.3) is 26.6 Å². The van der Waals surface area contributed by atoms with Crippen molar-refractivity contribution < 1.29 is 10.2 Å². The largest absolute Gasteiger partial charge is 0.508 e. The summed E-state index contributed by atoms with van der Waals surface area (Å²) in [7, 11) is 0. The number of hydrogen-bond donors (Lipinski definition) is 2. The van der Waals surface area contributed by atoms with Gasteiger partial charge in [0.25, 0.3) is 0 Å². The van der Waals surface area contributed by atoms with E-state index in [1.54, 1.807) is 35.6 Å². The Morgan fingerprint density at radius 3 is 2.35 bits per heavy atom. The highest BCUT2D eigenvalue weighted by Gasteiger charge is 2.14. The third kappa shape index (κ3) is 4.69. The molecule has 0 unspecified atom stereocenters. The number of nitriles is 1. The summed E-state index contributed by atoms with van der Waals surface area (Å²) < 4.78 is 1.05. The predicted octanol–water partition coefficient (Wildman–Crippen LogP) is 6.86. The van der Waals surface area contributed by atoms with Crippen molar-refractivity contribution in [3.63, 3.8) is 0 Å². The van der Waals surface area contributed by atoms with Gasteiger partial charge in [-0.25, -0.2) is 0 Å². The van der Waals surface area contributed by atoms with Gasteiger partial charge in [-0.3, -0.25) is 0 Å². The average Bonchev–Trinajstić information content (AvgIpc) is 3.14. The Labute approximate surface area is 185 Å². The summed E-state index contributed by atoms with van der Waals surface area (Å²) >= 11 is 1.66. The Morgan fingerprint density at radius 1 is 0.935 bits per heavy atom. The minimum atomic E-state index is 0.247. The molecule has 0 aliphatic heterocycles. The molecule has 31 heavy (non-hydrogen) atoms. The maximum atomic E-state index is 9.91. The van der Waals surface area contributed by atoms with Crippen molar-refractivity contribution >= 4 is 27.5 Å². The molecule has 0 aliphatic carbocycles. The molecule has 0 amide bonds. The van der Waals surface area contributed by atoms with E-state index < -0.39 is 0 Å². The van der Waals surface area contributed by atoms with Crippen LogP contribution in [0, 0.1) is 11.3 Å². The van der Waals surface area contributed by atoms with Gasteiger partial charge in [0.1, 0.15) is 11.5 Å². The van der Waals surface area contributed by atoms with Gasteiger partial charge >= 0.3 is 0 Å². The van der Waals surface area contributed by atoms with Crippen molar-refractivity contribution in [2.75, 3.05) is 0 Å². The quantitative estimate of drug-likeness (QED) is 0.263. The van der Waals surface area contributed by atoms with Crippen LogP contribution in [0.15, 0.2) is 85.0 Å². The molecule has 152 valence electrons. The van der Waals surface area contributed by atoms with Crippen LogP contribution in [0.1, 0.15) is 16.7 Å². The number of phenols is 2. The summed E-state index contributed by atoms with van der Waals surface area (Å²) in [4.78, 5) is 1.16. The highest BCUT2D eigenvalue weighted by Crippen LogP contribution is 2.41. The molecule has 0 radical (unpaired) electrons. The fourth-order valence-corrected chi connectivity index (χ4v) is 4.82. The van der Waals surface area contributed by atoms with Crippen LogP contribution in [0.5, 0.6) is 11.5 Å². The lowest BCUT2D eigenvalue weighted by Gasteiger charge is -2.07. The van der Waals surface area contributed by atoms with E-state index in [1.165, 1.54) is 11.1 Å². The summed E-state index contributed by atoms with van der Waals surface area (Å²) in [6, 6.07) is 23.1. The molecule has 0 bridgehead atoms. The molecule has 0 saturated heterocycles. The van der Waals surface area contributed by atoms with Crippen molar-refractivity contribution in [3.05, 3.63) is 102 Å². The van der Waals surface area contributed by atoms with Gasteiger partial charge in [0, 0.05) is 15.2 Å². The fraction of sp³-hybridized carbons (Fsp3) is 0.0741. The summed E-state index contributed by atoms with van der Waals surface area (Å²) in [6.07, 6.45) is 5.34. The highest BCUT2D eigenvalue weighted by atomic mass is 32.1. The maximum absolute atomic E-state index is 9.91. The smallest absolute Gasteiger partial charge is 0.117 e. The molecule has 4 aromatic rings. The lowest BCUT2D eigenvalue weighted by Crippen LogP contribution is -1.92. The maximum Gasteiger partial charge on any atom is 0.117 e. The second kappa shape index (κ2) is 8.91. The molecule has 0 fully saturated rings. The number of nitrogens with zero attached hydrogens (tertiary/aromatic N) is 1. The zero-order valence-electron chi connectivity index (χ0n) is 16.9. The van der Waals surface area contributed by atoms with Gasteiger partial charge in [-0.1, -0.05) is 36.9 Å². The first-order valence-corrected chi connectivity index (χ1v) is 10.7. The Kier molecular flexibility index (Phi) is 5.88. The van der Waals surface area contributed by atoms with Crippen LogP contribution >= 0.6 is 11.3 Å². The zero-order chi connectivity index (χ0) is 21.8. The summed E-state index contributed by atoms with van der Waals surface area (Å²) in [5.74, 6) is 0.511. The van der Waals surface area contributed by atoms with Crippen LogP contribution in [0.3, 0.4) is 0 Å². The topological polar surface area (TPSA) is 64.2 Å². The molecular formula is C27H21NO2S. The molecule has 4 heteroatoms. The lowest BCUT2D eigenvalue weighted by molar-refractivity contribution is 0.475. The SMILES string of the molecule is C=C(C#N)/C=C/c1ccc(CCc2c(-c3ccc(O)cc3)sc3cc(O)ccc23)cc1. The van der Waals surface area contributed by atoms with Crippen molar-refractivity contribution in [1.29, 1.82) is 5.26 Å². The van der Waals surface area contributed by atoms with Crippen LogP contribution in [0.2, 0.25) is 0 Å². The number of aromatic hydroxyl groups is 2. The number of fused-ring (bicyclic) bond motifs is 1. The van der Waals surface area contributed by atoms with Crippen LogP contribution in [0.4, 0.5) is 0 Å². The van der Waals surface area contributed by atoms with E-state index >= 15 is 0 Å². The summed E-state index contributed by atoms with van der Waals surface area (Å²) in [5, 5.41) is 29.5. The number of aryl methyl sites for hydroxylation is 2. The molecule has 0 atom stereocenters. The Bertz CT molecular complexity index is 1310. The van der Waals surface area contributed by atoms with Gasteiger partial charge in [-0.15, -0.1) is 11.3 Å². The molecule has 4 rings (SSSR count). The first kappa shape index (κ1) is 20.5. The van der Waals surface area contributed by atoms with Crippen molar-refractivity contribution in [2.45, 2.75) is 12.8 Å². The summed E-state index contributed by atoms with van der Waals surface area (Å²) in [6.45, 7) is 3.66. The van der Waals surface area contributed by atoms with E-state index in [2.05, 4.69) is 18.7 Å². The Morgan fingerprint density at radius 2 is 1.65 bits per heavy atom. The third-order valence-corrected chi connectivity index (χ3v) is 6.41. The first-order chi connectivity index (χ1) is 15.0. The number of phenolic OH excluding ortho intramolecular Hbond substituents is 2. The van der Waals surface area contributed by atoms with E-state index in [1.807, 2.05) is 48.5 Å². The fourth-order valence-electron chi connectivity index (χ4n) is 3.53. The van der Waals surface area contributed by atoms with Gasteiger partial charge in [0.05, 0.1) is 6.07 Å². The molecule has 2 N–H and O–H groups in total. The van der Waals surface area contributed by atoms with Gasteiger partial charge in [-0.05, 0) is 89.0 Å². The normalized spacial score (nSPS) is 11.1. The molecular weight excluding hydrogens is 402 g/mol. The third-order valence-electron chi connectivity index (χ3n) is 5.17. The first-order valence-electron chi connectivity index (χ1n) is 9.93. The van der Waals surface area contributed by atoms with Gasteiger partial charge in [0.15, 0.2) is 0 Å². The minimum Gasteiger partial charge on any atom is -0.508 e. The van der Waals surface area contributed by atoms with Crippen LogP contribution in [-0.2, 0) is 12.8 Å². The van der Waals surface area contributed by atoms with Crippen molar-refractivity contribution in [3.8, 4) is 28.0 Å². The van der Waals surface area contributed by atoms with E-state index in [4.69, 9.17) is 5.26 Å². The predicted molar refractivity (Wildman–Crippen MR) is 128 cm³/mol. The summed E-state index contributed by atoms with van der Waals surface area (Å²) in [5.41, 5.74) is 5.00. The van der Waals surface area contributed by atoms with E-state index in [-0.39, 0.29) is 11.5 Å². The number of thiophene rings is 1. The molecule has 3 nitrogen and oxygen atoms in total. The Balaban J connectivity index is 1.61. The molecule has 0 aliphatic rings. The van der Waals surface area contributed by atoms with Gasteiger partial charge in [0.2, 0.25) is 0 Å². The molecule has 0 saturated carbocycles. The second-order valence-electron chi connectivity index (χ2n) is 7.35. The number of rotatable bonds is 6. The molecule has 3 aromatic carbocycles.